The molecule has 1 aliphatic heterocycles. The van der Waals surface area contributed by atoms with E-state index in [0.29, 0.717) is 0 Å². The van der Waals surface area contributed by atoms with Gasteiger partial charge in [-0.15, -0.1) is 0 Å². The van der Waals surface area contributed by atoms with Gasteiger partial charge in [0.05, 0.1) is 6.54 Å². The molecule has 0 spiro atoms. The second-order valence-corrected chi connectivity index (χ2v) is 5.13. The zero-order chi connectivity index (χ0) is 14.6. The molecule has 20 heavy (non-hydrogen) atoms. The topological polar surface area (TPSA) is 27.3 Å². The minimum atomic E-state index is -4.16. The van der Waals surface area contributed by atoms with Gasteiger partial charge >= 0.3 is 6.18 Å². The third-order valence-corrected chi connectivity index (χ3v) is 3.26. The highest BCUT2D eigenvalue weighted by Gasteiger charge is 2.26. The number of nitrogens with one attached hydrogen (secondary N) is 2. The highest BCUT2D eigenvalue weighted by atomic mass is 19.4. The first-order valence-corrected chi connectivity index (χ1v) is 6.78. The van der Waals surface area contributed by atoms with Crippen molar-refractivity contribution in [2.45, 2.75) is 19.6 Å². The number of hydrogen-bond donors (Lipinski definition) is 2. The molecular formula is C14H20F3N3. The zero-order valence-electron chi connectivity index (χ0n) is 11.6. The Bertz CT molecular complexity index is 440. The molecule has 2 N–H and O–H groups in total. The lowest BCUT2D eigenvalue weighted by Crippen LogP contribution is -2.43. The van der Waals surface area contributed by atoms with Crippen LogP contribution in [0.2, 0.25) is 0 Å². The highest BCUT2D eigenvalue weighted by molar-refractivity contribution is 5.51. The molecule has 0 aliphatic carbocycles. The van der Waals surface area contributed by atoms with Crippen LogP contribution in [-0.2, 0) is 6.54 Å². The third-order valence-electron chi connectivity index (χ3n) is 3.26. The van der Waals surface area contributed by atoms with Gasteiger partial charge in [-0.2, -0.15) is 13.2 Å². The van der Waals surface area contributed by atoms with Crippen LogP contribution in [0.4, 0.5) is 18.9 Å². The van der Waals surface area contributed by atoms with Gasteiger partial charge in [-0.1, -0.05) is 6.07 Å². The first kappa shape index (κ1) is 15.1. The Morgan fingerprint density at radius 1 is 1.20 bits per heavy atom. The van der Waals surface area contributed by atoms with Crippen molar-refractivity contribution in [3.8, 4) is 0 Å². The fraction of sp³-hybridized carbons (Fsp3) is 0.571. The molecule has 6 heteroatoms. The van der Waals surface area contributed by atoms with Crippen molar-refractivity contribution >= 4 is 5.69 Å². The summed E-state index contributed by atoms with van der Waals surface area (Å²) < 4.78 is 36.4. The molecule has 1 aromatic carbocycles. The number of anilines is 1. The fourth-order valence-electron chi connectivity index (χ4n) is 2.40. The number of benzene rings is 1. The summed E-state index contributed by atoms with van der Waals surface area (Å²) in [5.41, 5.74) is 3.06. The van der Waals surface area contributed by atoms with Gasteiger partial charge in [-0.05, 0) is 30.2 Å². The second-order valence-electron chi connectivity index (χ2n) is 5.13. The smallest absolute Gasteiger partial charge is 0.369 e. The maximum atomic E-state index is 12.1. The van der Waals surface area contributed by atoms with Crippen LogP contribution in [0.1, 0.15) is 11.1 Å². The van der Waals surface area contributed by atoms with Gasteiger partial charge in [0.15, 0.2) is 0 Å². The molecule has 0 unspecified atom stereocenters. The molecule has 1 aromatic rings. The first-order chi connectivity index (χ1) is 9.44. The van der Waals surface area contributed by atoms with Gasteiger partial charge in [0.1, 0.15) is 0 Å². The number of hydrogen-bond acceptors (Lipinski definition) is 3. The largest absolute Gasteiger partial charge is 0.401 e. The van der Waals surface area contributed by atoms with Crippen LogP contribution in [-0.4, -0.2) is 38.9 Å². The molecule has 112 valence electrons. The van der Waals surface area contributed by atoms with E-state index < -0.39 is 12.7 Å². The van der Waals surface area contributed by atoms with Gasteiger partial charge in [0.2, 0.25) is 0 Å². The predicted octanol–water partition coefficient (Wildman–Crippen LogP) is 2.06. The Labute approximate surface area is 117 Å². The van der Waals surface area contributed by atoms with Crippen molar-refractivity contribution in [3.63, 3.8) is 0 Å². The fourth-order valence-corrected chi connectivity index (χ4v) is 2.40. The Balaban J connectivity index is 2.00. The van der Waals surface area contributed by atoms with E-state index in [-0.39, 0.29) is 6.54 Å². The van der Waals surface area contributed by atoms with Crippen LogP contribution in [0.3, 0.4) is 0 Å². The molecule has 1 fully saturated rings. The van der Waals surface area contributed by atoms with Crippen molar-refractivity contribution in [2.75, 3.05) is 37.6 Å². The maximum absolute atomic E-state index is 12.1. The number of aryl methyl sites for hydroxylation is 1. The van der Waals surface area contributed by atoms with E-state index in [1.54, 1.807) is 0 Å². The summed E-state index contributed by atoms with van der Waals surface area (Å²) in [7, 11) is 0. The van der Waals surface area contributed by atoms with Crippen LogP contribution in [0.5, 0.6) is 0 Å². The number of nitrogens with zero attached hydrogens (tertiary/aromatic N) is 1. The number of alkyl halides is 3. The van der Waals surface area contributed by atoms with Crippen molar-refractivity contribution in [2.24, 2.45) is 0 Å². The lowest BCUT2D eigenvalue weighted by molar-refractivity contribution is -0.125. The maximum Gasteiger partial charge on any atom is 0.401 e. The van der Waals surface area contributed by atoms with Gasteiger partial charge < -0.3 is 15.5 Å². The minimum absolute atomic E-state index is 0.236. The SMILES string of the molecule is Cc1cc(CNCC(F)(F)F)cc(N2CCNCC2)c1. The summed E-state index contributed by atoms with van der Waals surface area (Å²) >= 11 is 0. The summed E-state index contributed by atoms with van der Waals surface area (Å²) in [5, 5.41) is 5.73. The summed E-state index contributed by atoms with van der Waals surface area (Å²) in [6, 6.07) is 5.98. The van der Waals surface area contributed by atoms with Gasteiger partial charge in [-0.25, -0.2) is 0 Å². The third kappa shape index (κ3) is 4.68. The molecule has 0 amide bonds. The number of halogens is 3. The van der Waals surface area contributed by atoms with E-state index in [1.165, 1.54) is 0 Å². The molecule has 0 saturated carbocycles. The van der Waals surface area contributed by atoms with Gasteiger partial charge in [-0.3, -0.25) is 0 Å². The molecule has 0 bridgehead atoms. The quantitative estimate of drug-likeness (QED) is 0.887. The minimum Gasteiger partial charge on any atom is -0.369 e. The zero-order valence-corrected chi connectivity index (χ0v) is 11.6. The molecule has 2 rings (SSSR count). The van der Waals surface area contributed by atoms with Crippen molar-refractivity contribution in [1.82, 2.24) is 10.6 Å². The number of piperazine rings is 1. The average molecular weight is 287 g/mol. The highest BCUT2D eigenvalue weighted by Crippen LogP contribution is 2.20. The van der Waals surface area contributed by atoms with Crippen molar-refractivity contribution in [1.29, 1.82) is 0 Å². The molecule has 1 aliphatic rings. The van der Waals surface area contributed by atoms with E-state index in [0.717, 1.165) is 43.0 Å². The van der Waals surface area contributed by atoms with E-state index in [4.69, 9.17) is 0 Å². The summed E-state index contributed by atoms with van der Waals surface area (Å²) in [5.74, 6) is 0. The van der Waals surface area contributed by atoms with Crippen LogP contribution in [0, 0.1) is 6.92 Å². The van der Waals surface area contributed by atoms with Crippen LogP contribution in [0.25, 0.3) is 0 Å². The summed E-state index contributed by atoms with van der Waals surface area (Å²) in [6.07, 6.45) is -4.16. The van der Waals surface area contributed by atoms with E-state index in [9.17, 15) is 13.2 Å². The molecule has 1 saturated heterocycles. The normalized spacial score (nSPS) is 16.5. The Morgan fingerprint density at radius 3 is 2.55 bits per heavy atom. The molecule has 3 nitrogen and oxygen atoms in total. The van der Waals surface area contributed by atoms with Crippen molar-refractivity contribution in [3.05, 3.63) is 29.3 Å². The van der Waals surface area contributed by atoms with Crippen molar-refractivity contribution < 1.29 is 13.2 Å². The first-order valence-electron chi connectivity index (χ1n) is 6.78. The standard InChI is InChI=1S/C14H20F3N3/c1-11-6-12(9-19-10-14(15,16)17)8-13(7-11)20-4-2-18-3-5-20/h6-8,18-19H,2-5,9-10H2,1H3. The molecule has 0 radical (unpaired) electrons. The van der Waals surface area contributed by atoms with Crippen LogP contribution in [0.15, 0.2) is 18.2 Å². The summed E-state index contributed by atoms with van der Waals surface area (Å²) in [6.45, 7) is 4.99. The van der Waals surface area contributed by atoms with E-state index >= 15 is 0 Å². The Morgan fingerprint density at radius 2 is 1.90 bits per heavy atom. The molecule has 1 heterocycles. The van der Waals surface area contributed by atoms with Crippen LogP contribution < -0.4 is 15.5 Å². The number of rotatable bonds is 4. The van der Waals surface area contributed by atoms with E-state index in [1.807, 2.05) is 19.1 Å². The van der Waals surface area contributed by atoms with Gasteiger partial charge in [0, 0.05) is 38.4 Å². The average Bonchev–Trinajstić information content (AvgIpc) is 2.37. The lowest BCUT2D eigenvalue weighted by Gasteiger charge is -2.30. The molecular weight excluding hydrogens is 267 g/mol. The molecule has 0 atom stereocenters. The Hall–Kier alpha value is -1.27. The summed E-state index contributed by atoms with van der Waals surface area (Å²) in [4.78, 5) is 2.26. The van der Waals surface area contributed by atoms with Gasteiger partial charge in [0.25, 0.3) is 0 Å². The second kappa shape index (κ2) is 6.45. The predicted molar refractivity (Wildman–Crippen MR) is 74.0 cm³/mol. The van der Waals surface area contributed by atoms with E-state index in [2.05, 4.69) is 21.6 Å². The lowest BCUT2D eigenvalue weighted by atomic mass is 10.1. The van der Waals surface area contributed by atoms with Crippen LogP contribution >= 0.6 is 0 Å². The molecule has 0 aromatic heterocycles. The Kier molecular flexibility index (Phi) is 4.88. The monoisotopic (exact) mass is 287 g/mol.